The van der Waals surface area contributed by atoms with Crippen molar-refractivity contribution in [3.63, 3.8) is 0 Å². The average molecular weight is 271 g/mol. The summed E-state index contributed by atoms with van der Waals surface area (Å²) < 4.78 is 0. The molecule has 0 bridgehead atoms. The SMILES string of the molecule is CNCCN(C)C(=O)N1CCCCC1CCC(=O)O. The number of likely N-dealkylation sites (tertiary alicyclic amines) is 1. The topological polar surface area (TPSA) is 72.9 Å². The van der Waals surface area contributed by atoms with Gasteiger partial charge in [0, 0.05) is 39.1 Å². The minimum absolute atomic E-state index is 0.0188. The molecule has 1 heterocycles. The number of carboxylic acid groups (broad SMARTS) is 1. The molecule has 6 heteroatoms. The van der Waals surface area contributed by atoms with Crippen LogP contribution < -0.4 is 5.32 Å². The number of piperidine rings is 1. The quantitative estimate of drug-likeness (QED) is 0.755. The van der Waals surface area contributed by atoms with E-state index in [0.717, 1.165) is 32.4 Å². The van der Waals surface area contributed by atoms with Crippen molar-refractivity contribution in [1.29, 1.82) is 0 Å². The largest absolute Gasteiger partial charge is 0.481 e. The van der Waals surface area contributed by atoms with Crippen molar-refractivity contribution in [2.75, 3.05) is 33.7 Å². The lowest BCUT2D eigenvalue weighted by atomic mass is 9.98. The Bertz CT molecular complexity index is 310. The highest BCUT2D eigenvalue weighted by Crippen LogP contribution is 2.22. The summed E-state index contributed by atoms with van der Waals surface area (Å²) >= 11 is 0. The smallest absolute Gasteiger partial charge is 0.320 e. The second-order valence-electron chi connectivity index (χ2n) is 5.08. The second-order valence-corrected chi connectivity index (χ2v) is 5.08. The normalized spacial score (nSPS) is 19.3. The molecule has 1 atom stereocenters. The number of urea groups is 1. The number of hydrogen-bond acceptors (Lipinski definition) is 3. The maximum absolute atomic E-state index is 12.3. The van der Waals surface area contributed by atoms with E-state index in [1.165, 1.54) is 0 Å². The van der Waals surface area contributed by atoms with Gasteiger partial charge in [-0.25, -0.2) is 4.79 Å². The molecule has 0 saturated carbocycles. The maximum Gasteiger partial charge on any atom is 0.320 e. The number of nitrogens with zero attached hydrogens (tertiary/aromatic N) is 2. The van der Waals surface area contributed by atoms with Crippen LogP contribution in [-0.2, 0) is 4.79 Å². The fraction of sp³-hybridized carbons (Fsp3) is 0.846. The molecular weight excluding hydrogens is 246 g/mol. The van der Waals surface area contributed by atoms with Crippen molar-refractivity contribution in [2.45, 2.75) is 38.1 Å². The van der Waals surface area contributed by atoms with Gasteiger partial charge in [-0.3, -0.25) is 4.79 Å². The molecule has 110 valence electrons. The predicted octanol–water partition coefficient (Wildman–Crippen LogP) is 0.977. The highest BCUT2D eigenvalue weighted by Gasteiger charge is 2.28. The molecule has 2 amide bonds. The summed E-state index contributed by atoms with van der Waals surface area (Å²) in [5, 5.41) is 11.8. The number of rotatable bonds is 6. The van der Waals surface area contributed by atoms with Gasteiger partial charge < -0.3 is 20.2 Å². The van der Waals surface area contributed by atoms with Gasteiger partial charge in [-0.2, -0.15) is 0 Å². The first kappa shape index (κ1) is 15.8. The van der Waals surface area contributed by atoms with Crippen LogP contribution in [0.25, 0.3) is 0 Å². The van der Waals surface area contributed by atoms with Gasteiger partial charge in [-0.1, -0.05) is 0 Å². The van der Waals surface area contributed by atoms with E-state index in [9.17, 15) is 9.59 Å². The Balaban J connectivity index is 2.54. The molecule has 0 aromatic rings. The van der Waals surface area contributed by atoms with Crippen molar-refractivity contribution in [1.82, 2.24) is 15.1 Å². The summed E-state index contributed by atoms with van der Waals surface area (Å²) in [6.07, 6.45) is 3.69. The molecule has 1 unspecified atom stereocenters. The van der Waals surface area contributed by atoms with Gasteiger partial charge in [0.25, 0.3) is 0 Å². The van der Waals surface area contributed by atoms with Gasteiger partial charge in [0.05, 0.1) is 0 Å². The number of carbonyl (C=O) groups excluding carboxylic acids is 1. The molecule has 1 fully saturated rings. The molecule has 0 aliphatic carbocycles. The van der Waals surface area contributed by atoms with E-state index in [1.807, 2.05) is 11.9 Å². The summed E-state index contributed by atoms with van der Waals surface area (Å²) in [7, 11) is 3.65. The summed E-state index contributed by atoms with van der Waals surface area (Å²) in [5.41, 5.74) is 0. The zero-order valence-corrected chi connectivity index (χ0v) is 11.9. The first-order valence-corrected chi connectivity index (χ1v) is 6.94. The van der Waals surface area contributed by atoms with E-state index < -0.39 is 5.97 Å². The molecule has 0 aromatic heterocycles. The first-order valence-electron chi connectivity index (χ1n) is 6.94. The molecule has 1 rings (SSSR count). The van der Waals surface area contributed by atoms with Gasteiger partial charge in [0.2, 0.25) is 0 Å². The molecule has 2 N–H and O–H groups in total. The summed E-state index contributed by atoms with van der Waals surface area (Å²) in [6, 6.07) is 0.0970. The number of nitrogens with one attached hydrogen (secondary N) is 1. The molecule has 19 heavy (non-hydrogen) atoms. The molecular formula is C13H25N3O3. The number of likely N-dealkylation sites (N-methyl/N-ethyl adjacent to an activating group) is 2. The third-order valence-corrected chi connectivity index (χ3v) is 3.59. The molecule has 1 aliphatic heterocycles. The zero-order chi connectivity index (χ0) is 14.3. The summed E-state index contributed by atoms with van der Waals surface area (Å²) in [4.78, 5) is 26.6. The molecule has 6 nitrogen and oxygen atoms in total. The minimum atomic E-state index is -0.790. The van der Waals surface area contributed by atoms with Crippen LogP contribution in [0, 0.1) is 0 Å². The van der Waals surface area contributed by atoms with Crippen molar-refractivity contribution in [2.24, 2.45) is 0 Å². The van der Waals surface area contributed by atoms with Crippen LogP contribution in [0.2, 0.25) is 0 Å². The Morgan fingerprint density at radius 1 is 1.42 bits per heavy atom. The van der Waals surface area contributed by atoms with Crippen LogP contribution in [0.3, 0.4) is 0 Å². The number of carboxylic acids is 1. The number of carbonyl (C=O) groups is 2. The lowest BCUT2D eigenvalue weighted by Gasteiger charge is -2.38. The average Bonchev–Trinajstić information content (AvgIpc) is 2.42. The van der Waals surface area contributed by atoms with Crippen LogP contribution in [0.1, 0.15) is 32.1 Å². The lowest BCUT2D eigenvalue weighted by molar-refractivity contribution is -0.137. The Labute approximate surface area is 114 Å². The van der Waals surface area contributed by atoms with Crippen LogP contribution in [0.4, 0.5) is 4.79 Å². The van der Waals surface area contributed by atoms with Gasteiger partial charge in [-0.05, 0) is 32.7 Å². The van der Waals surface area contributed by atoms with Gasteiger partial charge in [0.15, 0.2) is 0 Å². The lowest BCUT2D eigenvalue weighted by Crippen LogP contribution is -2.50. The fourth-order valence-electron chi connectivity index (χ4n) is 2.44. The monoisotopic (exact) mass is 271 g/mol. The summed E-state index contributed by atoms with van der Waals surface area (Å²) in [6.45, 7) is 2.17. The second kappa shape index (κ2) is 7.99. The highest BCUT2D eigenvalue weighted by atomic mass is 16.4. The van der Waals surface area contributed by atoms with Crippen LogP contribution in [-0.4, -0.2) is 66.7 Å². The van der Waals surface area contributed by atoms with E-state index in [0.29, 0.717) is 13.0 Å². The molecule has 1 aliphatic rings. The van der Waals surface area contributed by atoms with Gasteiger partial charge in [0.1, 0.15) is 0 Å². The zero-order valence-electron chi connectivity index (χ0n) is 11.9. The standard InChI is InChI=1S/C13H25N3O3/c1-14-8-10-15(2)13(19)16-9-4-3-5-11(16)6-7-12(17)18/h11,14H,3-10H2,1-2H3,(H,17,18). The van der Waals surface area contributed by atoms with Gasteiger partial charge in [-0.15, -0.1) is 0 Å². The highest BCUT2D eigenvalue weighted by molar-refractivity contribution is 5.74. The first-order chi connectivity index (χ1) is 9.06. The van der Waals surface area contributed by atoms with E-state index in [1.54, 1.807) is 11.9 Å². The van der Waals surface area contributed by atoms with E-state index in [-0.39, 0.29) is 18.5 Å². The van der Waals surface area contributed by atoms with Crippen molar-refractivity contribution >= 4 is 12.0 Å². The van der Waals surface area contributed by atoms with E-state index in [4.69, 9.17) is 5.11 Å². The molecule has 0 aromatic carbocycles. The number of aliphatic carboxylic acids is 1. The van der Waals surface area contributed by atoms with E-state index >= 15 is 0 Å². The van der Waals surface area contributed by atoms with E-state index in [2.05, 4.69) is 5.32 Å². The van der Waals surface area contributed by atoms with Gasteiger partial charge >= 0.3 is 12.0 Å². The van der Waals surface area contributed by atoms with Crippen molar-refractivity contribution < 1.29 is 14.7 Å². The Morgan fingerprint density at radius 3 is 2.79 bits per heavy atom. The molecule has 0 radical (unpaired) electrons. The van der Waals surface area contributed by atoms with Crippen LogP contribution in [0.15, 0.2) is 0 Å². The Kier molecular flexibility index (Phi) is 6.62. The van der Waals surface area contributed by atoms with Crippen molar-refractivity contribution in [3.05, 3.63) is 0 Å². The minimum Gasteiger partial charge on any atom is -0.481 e. The Hall–Kier alpha value is -1.30. The molecule has 1 saturated heterocycles. The number of amides is 2. The van der Waals surface area contributed by atoms with Crippen LogP contribution >= 0.6 is 0 Å². The summed E-state index contributed by atoms with van der Waals surface area (Å²) in [5.74, 6) is -0.790. The fourth-order valence-corrected chi connectivity index (χ4v) is 2.44. The third-order valence-electron chi connectivity index (χ3n) is 3.59. The third kappa shape index (κ3) is 5.06. The maximum atomic E-state index is 12.3. The number of hydrogen-bond donors (Lipinski definition) is 2. The molecule has 0 spiro atoms. The predicted molar refractivity (Wildman–Crippen MR) is 73.2 cm³/mol. The Morgan fingerprint density at radius 2 is 2.16 bits per heavy atom. The van der Waals surface area contributed by atoms with Crippen LogP contribution in [0.5, 0.6) is 0 Å². The van der Waals surface area contributed by atoms with Crippen molar-refractivity contribution in [3.8, 4) is 0 Å².